The van der Waals surface area contributed by atoms with Crippen molar-refractivity contribution in [3.63, 3.8) is 0 Å². The summed E-state index contributed by atoms with van der Waals surface area (Å²) in [7, 11) is 1.18. The maximum atomic E-state index is 12.6. The number of carbonyl (C=O) groups excluding carboxylic acids is 4. The summed E-state index contributed by atoms with van der Waals surface area (Å²) in [5, 5.41) is 0. The van der Waals surface area contributed by atoms with E-state index in [1.165, 1.54) is 25.3 Å². The van der Waals surface area contributed by atoms with Gasteiger partial charge in [-0.15, -0.1) is 0 Å². The first-order chi connectivity index (χ1) is 19.0. The van der Waals surface area contributed by atoms with Crippen LogP contribution >= 0.6 is 0 Å². The van der Waals surface area contributed by atoms with Gasteiger partial charge in [-0.2, -0.15) is 0 Å². The van der Waals surface area contributed by atoms with Gasteiger partial charge in [0.05, 0.1) is 33.5 Å². The van der Waals surface area contributed by atoms with Gasteiger partial charge in [-0.3, -0.25) is 4.79 Å². The number of carbonyl (C=O) groups is 4. The highest BCUT2D eigenvalue weighted by molar-refractivity contribution is 5.81. The van der Waals surface area contributed by atoms with E-state index in [0.29, 0.717) is 12.0 Å². The molecule has 0 aromatic heterocycles. The van der Waals surface area contributed by atoms with E-state index in [-0.39, 0.29) is 62.6 Å². The fourth-order valence-corrected chi connectivity index (χ4v) is 3.09. The normalized spacial score (nSPS) is 13.7. The van der Waals surface area contributed by atoms with Crippen molar-refractivity contribution in [2.75, 3.05) is 33.5 Å². The minimum atomic E-state index is -1.61. The van der Waals surface area contributed by atoms with Crippen LogP contribution in [0.25, 0.3) is 0 Å². The lowest BCUT2D eigenvalue weighted by atomic mass is 9.88. The lowest BCUT2D eigenvalue weighted by Crippen LogP contribution is -2.51. The highest BCUT2D eigenvalue weighted by atomic mass is 16.7. The number of benzene rings is 1. The molecule has 2 N–H and O–H groups in total. The quantitative estimate of drug-likeness (QED) is 0.158. The van der Waals surface area contributed by atoms with E-state index in [1.807, 2.05) is 34.6 Å². The molecule has 0 aliphatic rings. The standard InChI is InChI=1S/C28H43NO11/c1-7-13-35-25(31)36-14-12-28(29,24(30)34-6)16-21-10-11-22(39-26(32)37-17-19(4)8-2)23(15-21)40-27(33)38-18-20(5)9-3/h10-11,15,19-20H,7-9,12-14,16-18,29H2,1-6H3/t19?,20?,28-/m1/s1. The molecule has 0 heterocycles. The number of esters is 1. The van der Waals surface area contributed by atoms with Crippen LogP contribution in [0.15, 0.2) is 18.2 Å². The van der Waals surface area contributed by atoms with E-state index in [4.69, 9.17) is 38.9 Å². The lowest BCUT2D eigenvalue weighted by Gasteiger charge is -2.26. The van der Waals surface area contributed by atoms with Crippen molar-refractivity contribution >= 4 is 24.4 Å². The Balaban J connectivity index is 3.13. The van der Waals surface area contributed by atoms with Crippen molar-refractivity contribution in [2.45, 2.75) is 72.3 Å². The van der Waals surface area contributed by atoms with Gasteiger partial charge in [-0.25, -0.2) is 14.4 Å². The molecule has 12 nitrogen and oxygen atoms in total. The minimum Gasteiger partial charge on any atom is -0.468 e. The number of methoxy groups -OCH3 is 1. The largest absolute Gasteiger partial charge is 0.513 e. The smallest absolute Gasteiger partial charge is 0.468 e. The first kappa shape index (κ1) is 34.5. The third-order valence-electron chi connectivity index (χ3n) is 6.06. The molecule has 1 aromatic carbocycles. The molecule has 226 valence electrons. The van der Waals surface area contributed by atoms with Crippen LogP contribution < -0.4 is 15.2 Å². The van der Waals surface area contributed by atoms with Crippen LogP contribution in [0, 0.1) is 11.8 Å². The van der Waals surface area contributed by atoms with E-state index in [2.05, 4.69) is 0 Å². The maximum absolute atomic E-state index is 12.6. The van der Waals surface area contributed by atoms with Gasteiger partial charge in [-0.1, -0.05) is 53.5 Å². The van der Waals surface area contributed by atoms with Gasteiger partial charge in [-0.05, 0) is 36.0 Å². The second-order valence-corrected chi connectivity index (χ2v) is 9.66. The predicted molar refractivity (Wildman–Crippen MR) is 144 cm³/mol. The zero-order valence-electron chi connectivity index (χ0n) is 24.3. The zero-order chi connectivity index (χ0) is 30.1. The Hall–Kier alpha value is -3.54. The minimum absolute atomic E-state index is 0.0891. The number of rotatable bonds is 16. The summed E-state index contributed by atoms with van der Waals surface area (Å²) in [6.45, 7) is 9.88. The average molecular weight is 570 g/mol. The van der Waals surface area contributed by atoms with Crippen LogP contribution in [0.4, 0.5) is 14.4 Å². The van der Waals surface area contributed by atoms with Crippen molar-refractivity contribution in [3.05, 3.63) is 23.8 Å². The van der Waals surface area contributed by atoms with Gasteiger partial charge >= 0.3 is 24.4 Å². The zero-order valence-corrected chi connectivity index (χ0v) is 24.3. The summed E-state index contributed by atoms with van der Waals surface area (Å²) >= 11 is 0. The molecule has 3 atom stereocenters. The summed E-state index contributed by atoms with van der Waals surface area (Å²) in [4.78, 5) is 48.9. The van der Waals surface area contributed by atoms with E-state index < -0.39 is 30.0 Å². The first-order valence-corrected chi connectivity index (χ1v) is 13.5. The molecule has 0 aliphatic carbocycles. The molecule has 0 fully saturated rings. The Bertz CT molecular complexity index is 968. The van der Waals surface area contributed by atoms with Crippen molar-refractivity contribution in [1.29, 1.82) is 0 Å². The Morgan fingerprint density at radius 3 is 1.88 bits per heavy atom. The SMILES string of the molecule is CCCOC(=O)OCC[C@@](N)(Cc1ccc(OC(=O)OCC(C)CC)c(OC(=O)OCC(C)CC)c1)C(=O)OC. The molecule has 12 heteroatoms. The molecular weight excluding hydrogens is 526 g/mol. The Labute approximate surface area is 235 Å². The second-order valence-electron chi connectivity index (χ2n) is 9.66. The van der Waals surface area contributed by atoms with Crippen LogP contribution in [0.2, 0.25) is 0 Å². The van der Waals surface area contributed by atoms with Crippen molar-refractivity contribution in [1.82, 2.24) is 0 Å². The lowest BCUT2D eigenvalue weighted by molar-refractivity contribution is -0.147. The Morgan fingerprint density at radius 2 is 1.35 bits per heavy atom. The fourth-order valence-electron chi connectivity index (χ4n) is 3.09. The van der Waals surface area contributed by atoms with E-state index >= 15 is 0 Å². The molecule has 0 saturated heterocycles. The van der Waals surface area contributed by atoms with E-state index in [1.54, 1.807) is 0 Å². The molecule has 0 aliphatic heterocycles. The van der Waals surface area contributed by atoms with Crippen molar-refractivity contribution in [3.8, 4) is 11.5 Å². The molecule has 40 heavy (non-hydrogen) atoms. The molecule has 0 amide bonds. The monoisotopic (exact) mass is 569 g/mol. The van der Waals surface area contributed by atoms with Crippen molar-refractivity contribution < 1.29 is 52.3 Å². The van der Waals surface area contributed by atoms with Gasteiger partial charge < -0.3 is 38.9 Å². The molecular formula is C28H43NO11. The summed E-state index contributed by atoms with van der Waals surface area (Å²) in [6.07, 6.45) is -0.791. The number of hydrogen-bond acceptors (Lipinski definition) is 12. The third-order valence-corrected chi connectivity index (χ3v) is 6.06. The molecule has 0 saturated carbocycles. The van der Waals surface area contributed by atoms with Gasteiger partial charge in [0.15, 0.2) is 11.5 Å². The first-order valence-electron chi connectivity index (χ1n) is 13.5. The fraction of sp³-hybridized carbons (Fsp3) is 0.643. The van der Waals surface area contributed by atoms with Gasteiger partial charge in [0, 0.05) is 12.8 Å². The summed E-state index contributed by atoms with van der Waals surface area (Å²) in [6, 6.07) is 4.31. The third kappa shape index (κ3) is 12.5. The number of nitrogens with two attached hydrogens (primary N) is 1. The van der Waals surface area contributed by atoms with Crippen molar-refractivity contribution in [2.24, 2.45) is 17.6 Å². The van der Waals surface area contributed by atoms with Crippen LogP contribution in [0.3, 0.4) is 0 Å². The number of ether oxygens (including phenoxy) is 7. The predicted octanol–water partition coefficient (Wildman–Crippen LogP) is 5.18. The van der Waals surface area contributed by atoms with Crippen LogP contribution in [-0.2, 0) is 34.9 Å². The Kier molecular flexibility index (Phi) is 15.5. The highest BCUT2D eigenvalue weighted by Crippen LogP contribution is 2.31. The molecule has 2 unspecified atom stereocenters. The summed E-state index contributed by atoms with van der Waals surface area (Å²) in [5.74, 6) is -0.735. The van der Waals surface area contributed by atoms with Gasteiger partial charge in [0.25, 0.3) is 0 Å². The number of hydrogen-bond donors (Lipinski definition) is 1. The van der Waals surface area contributed by atoms with E-state index in [9.17, 15) is 19.2 Å². The summed E-state index contributed by atoms with van der Waals surface area (Å²) in [5.41, 5.74) is 5.20. The topological polar surface area (TPSA) is 159 Å². The molecule has 0 radical (unpaired) electrons. The van der Waals surface area contributed by atoms with Crippen LogP contribution in [-0.4, -0.2) is 63.5 Å². The maximum Gasteiger partial charge on any atom is 0.513 e. The summed E-state index contributed by atoms with van der Waals surface area (Å²) < 4.78 is 35.7. The van der Waals surface area contributed by atoms with Crippen LogP contribution in [0.1, 0.15) is 65.9 Å². The van der Waals surface area contributed by atoms with Crippen LogP contribution in [0.5, 0.6) is 11.5 Å². The van der Waals surface area contributed by atoms with E-state index in [0.717, 1.165) is 12.8 Å². The van der Waals surface area contributed by atoms with Gasteiger partial charge in [0.2, 0.25) is 0 Å². The van der Waals surface area contributed by atoms with Gasteiger partial charge in [0.1, 0.15) is 5.54 Å². The molecule has 0 bridgehead atoms. The Morgan fingerprint density at radius 1 is 0.800 bits per heavy atom. The average Bonchev–Trinajstić information content (AvgIpc) is 2.94. The molecule has 1 rings (SSSR count). The second kappa shape index (κ2) is 17.9. The highest BCUT2D eigenvalue weighted by Gasteiger charge is 2.36. The molecule has 0 spiro atoms. The molecule has 1 aromatic rings.